The summed E-state index contributed by atoms with van der Waals surface area (Å²) in [6, 6.07) is 0. The quantitative estimate of drug-likeness (QED) is 0.582. The molecule has 2 unspecified atom stereocenters. The van der Waals surface area contributed by atoms with Crippen LogP contribution in [0.25, 0.3) is 0 Å². The molecule has 0 spiro atoms. The van der Waals surface area contributed by atoms with E-state index in [1.807, 2.05) is 0 Å². The largest absolute Gasteiger partial charge is 0.123 e. The van der Waals surface area contributed by atoms with E-state index in [0.717, 1.165) is 11.8 Å². The van der Waals surface area contributed by atoms with Crippen molar-refractivity contribution in [2.45, 2.75) is 69.6 Å². The molecule has 0 aromatic carbocycles. The van der Waals surface area contributed by atoms with Crippen molar-refractivity contribution in [3.05, 3.63) is 0 Å². The van der Waals surface area contributed by atoms with Crippen molar-refractivity contribution < 1.29 is 0 Å². The lowest BCUT2D eigenvalue weighted by atomic mass is 9.77. The van der Waals surface area contributed by atoms with Crippen molar-refractivity contribution in [1.82, 2.24) is 0 Å². The number of rotatable bonds is 2. The molecule has 0 amide bonds. The minimum Gasteiger partial charge on any atom is -0.123 e. The molecule has 82 valence electrons. The molecular weight excluding hydrogens is 192 g/mol. The molecule has 2 atom stereocenters. The third-order valence-corrected chi connectivity index (χ3v) is 4.51. The van der Waals surface area contributed by atoms with Crippen LogP contribution in [-0.2, 0) is 0 Å². The van der Waals surface area contributed by atoms with Crippen molar-refractivity contribution in [2.75, 3.05) is 0 Å². The van der Waals surface area contributed by atoms with Gasteiger partial charge in [-0.3, -0.25) is 0 Å². The van der Waals surface area contributed by atoms with Gasteiger partial charge in [0.05, 0.1) is 0 Å². The highest BCUT2D eigenvalue weighted by molar-refractivity contribution is 6.20. The third-order valence-electron chi connectivity index (χ3n) is 4.11. The Hall–Kier alpha value is 0.290. The van der Waals surface area contributed by atoms with Crippen LogP contribution in [0, 0.1) is 11.8 Å². The molecule has 2 aliphatic carbocycles. The Balaban J connectivity index is 1.72. The molecule has 1 heteroatoms. The topological polar surface area (TPSA) is 0 Å². The Morgan fingerprint density at radius 1 is 0.786 bits per heavy atom. The molecule has 2 aliphatic rings. The van der Waals surface area contributed by atoms with Crippen LogP contribution < -0.4 is 0 Å². The summed E-state index contributed by atoms with van der Waals surface area (Å²) in [4.78, 5) is 0. The molecule has 0 aromatic heterocycles. The Morgan fingerprint density at radius 2 is 1.50 bits per heavy atom. The summed E-state index contributed by atoms with van der Waals surface area (Å²) in [5, 5.41) is 0.498. The van der Waals surface area contributed by atoms with Crippen molar-refractivity contribution in [2.24, 2.45) is 11.8 Å². The predicted molar refractivity (Wildman–Crippen MR) is 62.8 cm³/mol. The van der Waals surface area contributed by atoms with E-state index in [2.05, 4.69) is 0 Å². The van der Waals surface area contributed by atoms with Crippen LogP contribution in [0.3, 0.4) is 0 Å². The maximum absolute atomic E-state index is 6.23. The maximum Gasteiger partial charge on any atom is 0.0338 e. The fraction of sp³-hybridized carbons (Fsp3) is 1.00. The average Bonchev–Trinajstić information content (AvgIpc) is 2.19. The van der Waals surface area contributed by atoms with Crippen molar-refractivity contribution in [3.63, 3.8) is 0 Å². The molecule has 14 heavy (non-hydrogen) atoms. The van der Waals surface area contributed by atoms with Gasteiger partial charge in [-0.1, -0.05) is 44.9 Å². The Bertz CT molecular complexity index is 161. The maximum atomic E-state index is 6.23. The first-order valence-electron chi connectivity index (χ1n) is 6.48. The van der Waals surface area contributed by atoms with E-state index in [1.54, 1.807) is 0 Å². The Kier molecular flexibility index (Phi) is 4.16. The highest BCUT2D eigenvalue weighted by atomic mass is 35.5. The summed E-state index contributed by atoms with van der Waals surface area (Å²) in [5.41, 5.74) is 0. The molecule has 2 fully saturated rings. The van der Waals surface area contributed by atoms with Gasteiger partial charge in [-0.05, 0) is 31.1 Å². The average molecular weight is 215 g/mol. The number of alkyl halides is 1. The zero-order valence-corrected chi connectivity index (χ0v) is 9.94. The monoisotopic (exact) mass is 214 g/mol. The standard InChI is InChI=1S/C13H23Cl/c14-13-8-4-7-12(10-13)9-11-5-2-1-3-6-11/h11-13H,1-10H2. The van der Waals surface area contributed by atoms with E-state index in [-0.39, 0.29) is 0 Å². The van der Waals surface area contributed by atoms with E-state index in [0.29, 0.717) is 5.38 Å². The van der Waals surface area contributed by atoms with E-state index in [4.69, 9.17) is 11.6 Å². The summed E-state index contributed by atoms with van der Waals surface area (Å²) >= 11 is 6.23. The highest BCUT2D eigenvalue weighted by Crippen LogP contribution is 2.36. The lowest BCUT2D eigenvalue weighted by Gasteiger charge is -2.30. The minimum absolute atomic E-state index is 0.498. The number of hydrogen-bond donors (Lipinski definition) is 0. The van der Waals surface area contributed by atoms with Crippen LogP contribution in [0.1, 0.15) is 64.2 Å². The van der Waals surface area contributed by atoms with Gasteiger partial charge in [-0.2, -0.15) is 0 Å². The van der Waals surface area contributed by atoms with Crippen LogP contribution >= 0.6 is 11.6 Å². The van der Waals surface area contributed by atoms with Crippen LogP contribution in [-0.4, -0.2) is 5.38 Å². The van der Waals surface area contributed by atoms with Gasteiger partial charge in [0.1, 0.15) is 0 Å². The van der Waals surface area contributed by atoms with Crippen molar-refractivity contribution in [1.29, 1.82) is 0 Å². The fourth-order valence-corrected chi connectivity index (χ4v) is 3.74. The van der Waals surface area contributed by atoms with E-state index in [1.165, 1.54) is 64.2 Å². The van der Waals surface area contributed by atoms with Gasteiger partial charge >= 0.3 is 0 Å². The number of hydrogen-bond acceptors (Lipinski definition) is 0. The zero-order valence-electron chi connectivity index (χ0n) is 9.18. The van der Waals surface area contributed by atoms with Crippen LogP contribution in [0.5, 0.6) is 0 Å². The van der Waals surface area contributed by atoms with Crippen molar-refractivity contribution >= 4 is 11.6 Å². The summed E-state index contributed by atoms with van der Waals surface area (Å²) in [6.07, 6.45) is 14.4. The van der Waals surface area contributed by atoms with E-state index in [9.17, 15) is 0 Å². The lowest BCUT2D eigenvalue weighted by Crippen LogP contribution is -2.19. The summed E-state index contributed by atoms with van der Waals surface area (Å²) in [6.45, 7) is 0. The molecule has 0 aromatic rings. The molecule has 2 saturated carbocycles. The molecule has 2 rings (SSSR count). The molecular formula is C13H23Cl. The van der Waals surface area contributed by atoms with Crippen LogP contribution in [0.15, 0.2) is 0 Å². The van der Waals surface area contributed by atoms with Gasteiger partial charge in [0, 0.05) is 5.38 Å². The van der Waals surface area contributed by atoms with Gasteiger partial charge in [0.15, 0.2) is 0 Å². The normalized spacial score (nSPS) is 35.8. The zero-order chi connectivity index (χ0) is 9.80. The third kappa shape index (κ3) is 3.15. The van der Waals surface area contributed by atoms with Gasteiger partial charge < -0.3 is 0 Å². The van der Waals surface area contributed by atoms with Crippen LogP contribution in [0.4, 0.5) is 0 Å². The molecule has 0 aliphatic heterocycles. The minimum atomic E-state index is 0.498. The first-order valence-corrected chi connectivity index (χ1v) is 6.92. The van der Waals surface area contributed by atoms with Gasteiger partial charge in [-0.25, -0.2) is 0 Å². The smallest absolute Gasteiger partial charge is 0.0338 e. The van der Waals surface area contributed by atoms with Gasteiger partial charge in [0.2, 0.25) is 0 Å². The first-order chi connectivity index (χ1) is 6.84. The molecule has 0 bridgehead atoms. The molecule has 0 radical (unpaired) electrons. The second-order valence-corrected chi connectivity index (χ2v) is 5.99. The van der Waals surface area contributed by atoms with E-state index < -0.39 is 0 Å². The van der Waals surface area contributed by atoms with E-state index >= 15 is 0 Å². The lowest BCUT2D eigenvalue weighted by molar-refractivity contribution is 0.246. The van der Waals surface area contributed by atoms with Gasteiger partial charge in [-0.15, -0.1) is 11.6 Å². The van der Waals surface area contributed by atoms with Crippen LogP contribution in [0.2, 0.25) is 0 Å². The summed E-state index contributed by atoms with van der Waals surface area (Å²) in [5.74, 6) is 2.02. The Morgan fingerprint density at radius 3 is 2.21 bits per heavy atom. The second kappa shape index (κ2) is 5.39. The molecule has 0 nitrogen and oxygen atoms in total. The summed E-state index contributed by atoms with van der Waals surface area (Å²) < 4.78 is 0. The first kappa shape index (κ1) is 10.8. The molecule has 0 saturated heterocycles. The summed E-state index contributed by atoms with van der Waals surface area (Å²) in [7, 11) is 0. The van der Waals surface area contributed by atoms with Crippen molar-refractivity contribution in [3.8, 4) is 0 Å². The highest BCUT2D eigenvalue weighted by Gasteiger charge is 2.24. The molecule has 0 heterocycles. The van der Waals surface area contributed by atoms with Gasteiger partial charge in [0.25, 0.3) is 0 Å². The Labute approximate surface area is 93.4 Å². The SMILES string of the molecule is ClC1CCCC(CC2CCCCC2)C1. The fourth-order valence-electron chi connectivity index (χ4n) is 3.33. The molecule has 0 N–H and O–H groups in total. The number of halogens is 1. The second-order valence-electron chi connectivity index (χ2n) is 5.37. The predicted octanol–water partition coefficient (Wildman–Crippen LogP) is 4.75.